The van der Waals surface area contributed by atoms with Gasteiger partial charge < -0.3 is 13.5 Å². The van der Waals surface area contributed by atoms with Crippen molar-refractivity contribution in [1.29, 1.82) is 0 Å². The molecule has 0 rings (SSSR count). The monoisotopic (exact) mass is 165 g/mol. The van der Waals surface area contributed by atoms with Crippen LogP contribution >= 0.6 is 0 Å². The van der Waals surface area contributed by atoms with Gasteiger partial charge in [-0.05, 0) is 20.1 Å². The summed E-state index contributed by atoms with van der Waals surface area (Å²) in [5.41, 5.74) is 0. The van der Waals surface area contributed by atoms with E-state index in [2.05, 4.69) is 11.5 Å². The minimum atomic E-state index is -1.26. The highest BCUT2D eigenvalue weighted by Gasteiger charge is 2.07. The molecular formula is C4H15NO2Si2. The fraction of sp³-hybridized carbons (Fsp3) is 1.00. The lowest BCUT2D eigenvalue weighted by atomic mass is 11.6. The first-order valence-electron chi connectivity index (χ1n) is 3.06. The van der Waals surface area contributed by atoms with Crippen molar-refractivity contribution in [3.63, 3.8) is 0 Å². The Bertz CT molecular complexity index is 65.6. The largest absolute Gasteiger partial charge is 0.428 e. The lowest BCUT2D eigenvalue weighted by Gasteiger charge is -2.14. The molecule has 56 valence electrons. The smallest absolute Gasteiger partial charge is 0.308 e. The van der Waals surface area contributed by atoms with Gasteiger partial charge in [-0.2, -0.15) is 0 Å². The third-order valence-corrected chi connectivity index (χ3v) is 5.78. The van der Waals surface area contributed by atoms with Crippen molar-refractivity contribution in [3.05, 3.63) is 0 Å². The summed E-state index contributed by atoms with van der Waals surface area (Å²) in [6, 6.07) is 0. The summed E-state index contributed by atoms with van der Waals surface area (Å²) in [6.45, 7) is 4.13. The summed E-state index contributed by atoms with van der Waals surface area (Å²) in [6.07, 6.45) is 0. The minimum absolute atomic E-state index is 1.07. The van der Waals surface area contributed by atoms with Crippen molar-refractivity contribution < 1.29 is 8.54 Å². The van der Waals surface area contributed by atoms with Crippen molar-refractivity contribution in [2.24, 2.45) is 0 Å². The molecule has 0 aromatic rings. The van der Waals surface area contributed by atoms with Gasteiger partial charge in [-0.3, -0.25) is 0 Å². The molecule has 0 saturated carbocycles. The lowest BCUT2D eigenvalue weighted by Crippen LogP contribution is -2.36. The average molecular weight is 165 g/mol. The zero-order valence-electron chi connectivity index (χ0n) is 6.47. The van der Waals surface area contributed by atoms with Gasteiger partial charge in [0.2, 0.25) is 9.20 Å². The molecule has 0 saturated heterocycles. The van der Waals surface area contributed by atoms with E-state index < -0.39 is 18.5 Å². The van der Waals surface area contributed by atoms with Crippen LogP contribution < -0.4 is 4.98 Å². The SMILES string of the molecule is CN[SiH](C)O[SiH](C)OC. The molecule has 0 aliphatic carbocycles. The third-order valence-electron chi connectivity index (χ3n) is 1.13. The van der Waals surface area contributed by atoms with E-state index in [1.54, 1.807) is 7.11 Å². The maximum absolute atomic E-state index is 5.49. The lowest BCUT2D eigenvalue weighted by molar-refractivity contribution is 0.341. The maximum Gasteiger partial charge on any atom is 0.308 e. The normalized spacial score (nSPS) is 17.3. The molecule has 0 radical (unpaired) electrons. The molecule has 1 N–H and O–H groups in total. The van der Waals surface area contributed by atoms with Gasteiger partial charge in [0.1, 0.15) is 0 Å². The molecule has 2 unspecified atom stereocenters. The van der Waals surface area contributed by atoms with E-state index in [1.165, 1.54) is 0 Å². The Morgan fingerprint density at radius 3 is 2.22 bits per heavy atom. The zero-order chi connectivity index (χ0) is 7.28. The van der Waals surface area contributed by atoms with Crippen LogP contribution in [0.25, 0.3) is 0 Å². The molecular weight excluding hydrogens is 150 g/mol. The van der Waals surface area contributed by atoms with Crippen molar-refractivity contribution >= 4 is 18.5 Å². The molecule has 0 bridgehead atoms. The predicted molar refractivity (Wildman–Crippen MR) is 43.2 cm³/mol. The van der Waals surface area contributed by atoms with Crippen molar-refractivity contribution in [3.8, 4) is 0 Å². The molecule has 0 aliphatic rings. The van der Waals surface area contributed by atoms with Gasteiger partial charge in [-0.25, -0.2) is 0 Å². The van der Waals surface area contributed by atoms with Gasteiger partial charge in [-0.15, -0.1) is 0 Å². The van der Waals surface area contributed by atoms with Crippen LogP contribution in [0.15, 0.2) is 0 Å². The molecule has 9 heavy (non-hydrogen) atoms. The quantitative estimate of drug-likeness (QED) is 0.574. The maximum atomic E-state index is 5.49. The van der Waals surface area contributed by atoms with Crippen LogP contribution in [0.3, 0.4) is 0 Å². The van der Waals surface area contributed by atoms with Crippen LogP contribution in [-0.4, -0.2) is 32.6 Å². The predicted octanol–water partition coefficient (Wildman–Crippen LogP) is -0.431. The van der Waals surface area contributed by atoms with E-state index in [0.717, 1.165) is 0 Å². The van der Waals surface area contributed by atoms with Gasteiger partial charge in [-0.1, -0.05) is 0 Å². The van der Waals surface area contributed by atoms with E-state index in [4.69, 9.17) is 8.54 Å². The zero-order valence-corrected chi connectivity index (χ0v) is 8.78. The molecule has 0 aliphatic heterocycles. The summed E-state index contributed by atoms with van der Waals surface area (Å²) in [4.78, 5) is 3.10. The number of rotatable bonds is 4. The Morgan fingerprint density at radius 1 is 1.33 bits per heavy atom. The first-order chi connectivity index (χ1) is 4.20. The number of hydrogen-bond donors (Lipinski definition) is 1. The molecule has 0 heterocycles. The molecule has 0 spiro atoms. The highest BCUT2D eigenvalue weighted by atomic mass is 28.4. The van der Waals surface area contributed by atoms with Gasteiger partial charge in [0.25, 0.3) is 0 Å². The first kappa shape index (κ1) is 9.31. The van der Waals surface area contributed by atoms with Crippen molar-refractivity contribution in [2.75, 3.05) is 14.2 Å². The summed E-state index contributed by atoms with van der Waals surface area (Å²) < 4.78 is 10.5. The van der Waals surface area contributed by atoms with Gasteiger partial charge in [0, 0.05) is 7.11 Å². The standard InChI is InChI=1S/C4H15NO2Si2/c1-5-8(3)7-9(4)6-2/h5,8-9H,1-4H3. The van der Waals surface area contributed by atoms with Crippen LogP contribution in [-0.2, 0) is 8.54 Å². The van der Waals surface area contributed by atoms with Gasteiger partial charge in [0.15, 0.2) is 0 Å². The minimum Gasteiger partial charge on any atom is -0.428 e. The Hall–Kier alpha value is 0.314. The summed E-state index contributed by atoms with van der Waals surface area (Å²) in [7, 11) is 1.30. The Kier molecular flexibility index (Phi) is 5.31. The molecule has 3 nitrogen and oxygen atoms in total. The van der Waals surface area contributed by atoms with Crippen LogP contribution in [0.5, 0.6) is 0 Å². The van der Waals surface area contributed by atoms with E-state index >= 15 is 0 Å². The molecule has 0 aromatic carbocycles. The van der Waals surface area contributed by atoms with E-state index in [-0.39, 0.29) is 0 Å². The molecule has 0 amide bonds. The molecule has 0 fully saturated rings. The summed E-state index contributed by atoms with van der Waals surface area (Å²) in [5, 5.41) is 0. The fourth-order valence-corrected chi connectivity index (χ4v) is 3.70. The van der Waals surface area contributed by atoms with Crippen LogP contribution in [0.1, 0.15) is 0 Å². The molecule has 0 aromatic heterocycles. The average Bonchev–Trinajstić information content (AvgIpc) is 1.87. The number of hydrogen-bond acceptors (Lipinski definition) is 3. The Balaban J connectivity index is 3.22. The second-order valence-electron chi connectivity index (χ2n) is 1.87. The van der Waals surface area contributed by atoms with Crippen LogP contribution in [0, 0.1) is 0 Å². The van der Waals surface area contributed by atoms with Gasteiger partial charge >= 0.3 is 9.28 Å². The topological polar surface area (TPSA) is 30.5 Å². The van der Waals surface area contributed by atoms with Crippen molar-refractivity contribution in [2.45, 2.75) is 13.1 Å². The second-order valence-corrected chi connectivity index (χ2v) is 6.43. The highest BCUT2D eigenvalue weighted by Crippen LogP contribution is 1.87. The Labute approximate surface area is 60.0 Å². The number of nitrogens with one attached hydrogen (secondary N) is 1. The fourth-order valence-electron chi connectivity index (χ4n) is 0.411. The van der Waals surface area contributed by atoms with E-state index in [9.17, 15) is 0 Å². The van der Waals surface area contributed by atoms with E-state index in [1.807, 2.05) is 13.6 Å². The summed E-state index contributed by atoms with van der Waals surface area (Å²) in [5.74, 6) is 0. The molecule has 5 heteroatoms. The summed E-state index contributed by atoms with van der Waals surface area (Å²) >= 11 is 0. The van der Waals surface area contributed by atoms with Crippen molar-refractivity contribution in [1.82, 2.24) is 4.98 Å². The van der Waals surface area contributed by atoms with Crippen LogP contribution in [0.4, 0.5) is 0 Å². The van der Waals surface area contributed by atoms with Crippen LogP contribution in [0.2, 0.25) is 13.1 Å². The first-order valence-corrected chi connectivity index (χ1v) is 7.36. The van der Waals surface area contributed by atoms with Gasteiger partial charge in [0.05, 0.1) is 0 Å². The second kappa shape index (κ2) is 5.13. The highest BCUT2D eigenvalue weighted by molar-refractivity contribution is 6.59. The Morgan fingerprint density at radius 2 is 1.89 bits per heavy atom. The molecule has 2 atom stereocenters. The third kappa shape index (κ3) is 4.79. The van der Waals surface area contributed by atoms with E-state index in [0.29, 0.717) is 0 Å².